The molecule has 8 nitrogen and oxygen atoms in total. The summed E-state index contributed by atoms with van der Waals surface area (Å²) in [7, 11) is 1.65. The number of hydrogen-bond acceptors (Lipinski definition) is 5. The van der Waals surface area contributed by atoms with E-state index in [0.29, 0.717) is 37.3 Å². The summed E-state index contributed by atoms with van der Waals surface area (Å²) < 4.78 is 5.14. The van der Waals surface area contributed by atoms with Crippen LogP contribution in [-0.2, 0) is 11.3 Å². The van der Waals surface area contributed by atoms with Crippen molar-refractivity contribution >= 4 is 17.5 Å². The van der Waals surface area contributed by atoms with Gasteiger partial charge in [0.2, 0.25) is 5.91 Å². The molecule has 0 radical (unpaired) electrons. The van der Waals surface area contributed by atoms with Crippen molar-refractivity contribution in [3.8, 4) is 0 Å². The smallest absolute Gasteiger partial charge is 0.289 e. The SMILES string of the molecule is CN(Cc1ccccc1[N+](=O)[O-])C(=O)C1CCN(C(=O)c2ccco2)CC1. The quantitative estimate of drug-likeness (QED) is 0.595. The van der Waals surface area contributed by atoms with E-state index in [4.69, 9.17) is 4.42 Å². The second kappa shape index (κ2) is 8.03. The van der Waals surface area contributed by atoms with Gasteiger partial charge in [0.1, 0.15) is 0 Å². The summed E-state index contributed by atoms with van der Waals surface area (Å²) in [6.45, 7) is 1.14. The lowest BCUT2D eigenvalue weighted by atomic mass is 9.95. The number of likely N-dealkylation sites (tertiary alicyclic amines) is 1. The fourth-order valence-electron chi connectivity index (χ4n) is 3.35. The van der Waals surface area contributed by atoms with Gasteiger partial charge in [-0.15, -0.1) is 0 Å². The van der Waals surface area contributed by atoms with Crippen molar-refractivity contribution in [3.05, 3.63) is 64.1 Å². The molecular formula is C19H21N3O5. The first kappa shape index (κ1) is 18.6. The lowest BCUT2D eigenvalue weighted by Crippen LogP contribution is -2.43. The van der Waals surface area contributed by atoms with Crippen molar-refractivity contribution in [1.82, 2.24) is 9.80 Å². The van der Waals surface area contributed by atoms with E-state index in [1.54, 1.807) is 42.3 Å². The van der Waals surface area contributed by atoms with E-state index in [1.807, 2.05) is 0 Å². The molecule has 0 spiro atoms. The molecule has 1 aliphatic rings. The first-order valence-electron chi connectivity index (χ1n) is 8.77. The van der Waals surface area contributed by atoms with E-state index in [0.717, 1.165) is 0 Å². The number of amides is 2. The molecule has 8 heteroatoms. The molecule has 3 rings (SSSR count). The number of piperidine rings is 1. The van der Waals surface area contributed by atoms with Gasteiger partial charge in [0.15, 0.2) is 5.76 Å². The fourth-order valence-corrected chi connectivity index (χ4v) is 3.35. The van der Waals surface area contributed by atoms with E-state index in [-0.39, 0.29) is 30.0 Å². The van der Waals surface area contributed by atoms with Gasteiger partial charge in [-0.2, -0.15) is 0 Å². The molecule has 0 aliphatic carbocycles. The molecule has 142 valence electrons. The normalized spacial score (nSPS) is 14.8. The molecule has 0 saturated carbocycles. The van der Waals surface area contributed by atoms with Crippen LogP contribution < -0.4 is 0 Å². The maximum absolute atomic E-state index is 12.7. The van der Waals surface area contributed by atoms with Gasteiger partial charge in [-0.25, -0.2) is 0 Å². The summed E-state index contributed by atoms with van der Waals surface area (Å²) in [4.78, 5) is 38.9. The second-order valence-electron chi connectivity index (χ2n) is 6.62. The second-order valence-corrected chi connectivity index (χ2v) is 6.62. The Morgan fingerprint density at radius 3 is 2.56 bits per heavy atom. The number of carbonyl (C=O) groups excluding carboxylic acids is 2. The predicted octanol–water partition coefficient (Wildman–Crippen LogP) is 2.70. The molecule has 0 bridgehead atoms. The Balaban J connectivity index is 1.57. The molecule has 1 saturated heterocycles. The van der Waals surface area contributed by atoms with Gasteiger partial charge in [0.25, 0.3) is 11.6 Å². The number of benzene rings is 1. The third kappa shape index (κ3) is 4.16. The molecule has 27 heavy (non-hydrogen) atoms. The van der Waals surface area contributed by atoms with E-state index in [1.165, 1.54) is 17.2 Å². The summed E-state index contributed by atoms with van der Waals surface area (Å²) in [5, 5.41) is 11.1. The number of para-hydroxylation sites is 1. The van der Waals surface area contributed by atoms with Crippen molar-refractivity contribution in [3.63, 3.8) is 0 Å². The molecular weight excluding hydrogens is 350 g/mol. The molecule has 1 aliphatic heterocycles. The standard InChI is InChI=1S/C19H21N3O5/c1-20(13-15-5-2-3-6-16(15)22(25)26)18(23)14-8-10-21(11-9-14)19(24)17-7-4-12-27-17/h2-7,12,14H,8-11,13H2,1H3. The molecule has 0 N–H and O–H groups in total. The molecule has 1 aromatic carbocycles. The minimum absolute atomic E-state index is 0.0102. The van der Waals surface area contributed by atoms with Crippen LogP contribution in [0.25, 0.3) is 0 Å². The molecule has 2 heterocycles. The van der Waals surface area contributed by atoms with Crippen LogP contribution in [0.3, 0.4) is 0 Å². The van der Waals surface area contributed by atoms with Gasteiger partial charge in [0, 0.05) is 37.7 Å². The van der Waals surface area contributed by atoms with Crippen LogP contribution in [0, 0.1) is 16.0 Å². The largest absolute Gasteiger partial charge is 0.459 e. The Morgan fingerprint density at radius 1 is 1.22 bits per heavy atom. The van der Waals surface area contributed by atoms with E-state index < -0.39 is 4.92 Å². The van der Waals surface area contributed by atoms with E-state index in [2.05, 4.69) is 0 Å². The lowest BCUT2D eigenvalue weighted by molar-refractivity contribution is -0.385. The average Bonchev–Trinajstić information content (AvgIpc) is 3.22. The Morgan fingerprint density at radius 2 is 1.93 bits per heavy atom. The Labute approximate surface area is 156 Å². The predicted molar refractivity (Wildman–Crippen MR) is 96.9 cm³/mol. The van der Waals surface area contributed by atoms with Gasteiger partial charge in [-0.1, -0.05) is 18.2 Å². The Kier molecular flexibility index (Phi) is 5.54. The summed E-state index contributed by atoms with van der Waals surface area (Å²) in [6.07, 6.45) is 2.58. The number of carbonyl (C=O) groups is 2. The highest BCUT2D eigenvalue weighted by Crippen LogP contribution is 2.24. The van der Waals surface area contributed by atoms with E-state index in [9.17, 15) is 19.7 Å². The van der Waals surface area contributed by atoms with Crippen LogP contribution in [-0.4, -0.2) is 46.7 Å². The number of furan rings is 1. The zero-order valence-electron chi connectivity index (χ0n) is 15.0. The van der Waals surface area contributed by atoms with Crippen LogP contribution in [0.4, 0.5) is 5.69 Å². The van der Waals surface area contributed by atoms with Crippen LogP contribution in [0.2, 0.25) is 0 Å². The minimum Gasteiger partial charge on any atom is -0.459 e. The highest BCUT2D eigenvalue weighted by molar-refractivity contribution is 5.91. The van der Waals surface area contributed by atoms with Crippen molar-refractivity contribution in [2.75, 3.05) is 20.1 Å². The van der Waals surface area contributed by atoms with Crippen molar-refractivity contribution in [2.24, 2.45) is 5.92 Å². The number of nitro groups is 1. The van der Waals surface area contributed by atoms with Gasteiger partial charge >= 0.3 is 0 Å². The molecule has 1 aromatic heterocycles. The van der Waals surface area contributed by atoms with Crippen LogP contribution in [0.5, 0.6) is 0 Å². The summed E-state index contributed by atoms with van der Waals surface area (Å²) >= 11 is 0. The molecule has 0 unspecified atom stereocenters. The van der Waals surface area contributed by atoms with Gasteiger partial charge in [0.05, 0.1) is 17.7 Å². The van der Waals surface area contributed by atoms with Crippen molar-refractivity contribution < 1.29 is 18.9 Å². The summed E-state index contributed by atoms with van der Waals surface area (Å²) in [6, 6.07) is 9.72. The van der Waals surface area contributed by atoms with Crippen LogP contribution in [0.1, 0.15) is 29.0 Å². The van der Waals surface area contributed by atoms with Crippen molar-refractivity contribution in [2.45, 2.75) is 19.4 Å². The van der Waals surface area contributed by atoms with Gasteiger partial charge < -0.3 is 14.2 Å². The number of rotatable bonds is 5. The topological polar surface area (TPSA) is 96.9 Å². The third-order valence-corrected chi connectivity index (χ3v) is 4.84. The Bertz CT molecular complexity index is 826. The summed E-state index contributed by atoms with van der Waals surface area (Å²) in [5.41, 5.74) is 0.514. The third-order valence-electron chi connectivity index (χ3n) is 4.84. The van der Waals surface area contributed by atoms with Gasteiger partial charge in [-0.3, -0.25) is 19.7 Å². The average molecular weight is 371 g/mol. The lowest BCUT2D eigenvalue weighted by Gasteiger charge is -2.32. The zero-order chi connectivity index (χ0) is 19.4. The molecule has 2 amide bonds. The first-order chi connectivity index (χ1) is 13.0. The number of nitrogens with zero attached hydrogens (tertiary/aromatic N) is 3. The number of nitro benzene ring substituents is 1. The summed E-state index contributed by atoms with van der Waals surface area (Å²) in [5.74, 6) is -0.121. The monoisotopic (exact) mass is 371 g/mol. The minimum atomic E-state index is -0.438. The van der Waals surface area contributed by atoms with Crippen LogP contribution >= 0.6 is 0 Å². The van der Waals surface area contributed by atoms with E-state index >= 15 is 0 Å². The Hall–Kier alpha value is -3.16. The molecule has 1 fully saturated rings. The van der Waals surface area contributed by atoms with Gasteiger partial charge in [-0.05, 0) is 25.0 Å². The molecule has 2 aromatic rings. The highest BCUT2D eigenvalue weighted by Gasteiger charge is 2.30. The van der Waals surface area contributed by atoms with Crippen LogP contribution in [0.15, 0.2) is 47.1 Å². The highest BCUT2D eigenvalue weighted by atomic mass is 16.6. The maximum Gasteiger partial charge on any atom is 0.289 e. The fraction of sp³-hybridized carbons (Fsp3) is 0.368. The van der Waals surface area contributed by atoms with Crippen molar-refractivity contribution in [1.29, 1.82) is 0 Å². The maximum atomic E-state index is 12.7. The molecule has 0 atom stereocenters. The first-order valence-corrected chi connectivity index (χ1v) is 8.77. The zero-order valence-corrected chi connectivity index (χ0v) is 15.0. The number of hydrogen-bond donors (Lipinski definition) is 0.